The molecule has 2 N–H and O–H groups in total. The second-order valence-electron chi connectivity index (χ2n) is 5.95. The standard InChI is InChI=1S/C16H16N6O/c1-9-11(13(18)14-15(19-9)22-23-21-14)7-10-5-4-6-12(20-10)16(2,3)8-17/h4-6H,7,18H2,1-3H3. The van der Waals surface area contributed by atoms with Gasteiger partial charge < -0.3 is 5.73 Å². The van der Waals surface area contributed by atoms with E-state index in [1.54, 1.807) is 0 Å². The van der Waals surface area contributed by atoms with Crippen molar-refractivity contribution >= 4 is 16.9 Å². The molecule has 23 heavy (non-hydrogen) atoms. The van der Waals surface area contributed by atoms with Gasteiger partial charge in [-0.2, -0.15) is 5.26 Å². The molecule has 0 fully saturated rings. The van der Waals surface area contributed by atoms with Crippen LogP contribution in [0.1, 0.15) is 36.5 Å². The first-order chi connectivity index (χ1) is 10.9. The van der Waals surface area contributed by atoms with Crippen molar-refractivity contribution in [3.63, 3.8) is 0 Å². The van der Waals surface area contributed by atoms with Crippen LogP contribution in [0.5, 0.6) is 0 Å². The third-order valence-corrected chi connectivity index (χ3v) is 3.85. The fourth-order valence-corrected chi connectivity index (χ4v) is 2.38. The number of nitrogen functional groups attached to an aromatic ring is 1. The number of pyridine rings is 2. The maximum absolute atomic E-state index is 9.27. The number of nitrogens with zero attached hydrogens (tertiary/aromatic N) is 5. The smallest absolute Gasteiger partial charge is 0.226 e. The van der Waals surface area contributed by atoms with Gasteiger partial charge in [0.1, 0.15) is 0 Å². The number of rotatable bonds is 3. The van der Waals surface area contributed by atoms with E-state index in [2.05, 4.69) is 26.4 Å². The van der Waals surface area contributed by atoms with Crippen molar-refractivity contribution in [2.24, 2.45) is 0 Å². The number of aromatic nitrogens is 4. The molecule has 0 radical (unpaired) electrons. The van der Waals surface area contributed by atoms with Crippen LogP contribution in [0.15, 0.2) is 22.8 Å². The van der Waals surface area contributed by atoms with Gasteiger partial charge in [-0.3, -0.25) is 4.98 Å². The number of nitriles is 1. The Hall–Kier alpha value is -3.01. The van der Waals surface area contributed by atoms with Crippen LogP contribution in [0.3, 0.4) is 0 Å². The van der Waals surface area contributed by atoms with Crippen LogP contribution in [0, 0.1) is 18.3 Å². The van der Waals surface area contributed by atoms with Crippen molar-refractivity contribution < 1.29 is 4.63 Å². The SMILES string of the molecule is Cc1nc2nonc2c(N)c1Cc1cccc(C(C)(C)C#N)n1. The minimum Gasteiger partial charge on any atom is -0.396 e. The molecule has 0 bridgehead atoms. The van der Waals surface area contributed by atoms with E-state index in [0.717, 1.165) is 22.6 Å². The average Bonchev–Trinajstić information content (AvgIpc) is 3.00. The van der Waals surface area contributed by atoms with Gasteiger partial charge in [0.25, 0.3) is 0 Å². The Morgan fingerprint density at radius 2 is 2.04 bits per heavy atom. The van der Waals surface area contributed by atoms with Crippen molar-refractivity contribution in [1.82, 2.24) is 20.3 Å². The summed E-state index contributed by atoms with van der Waals surface area (Å²) in [6.45, 7) is 5.55. The van der Waals surface area contributed by atoms with Crippen LogP contribution < -0.4 is 5.73 Å². The first kappa shape index (κ1) is 14.9. The van der Waals surface area contributed by atoms with Crippen molar-refractivity contribution in [3.05, 3.63) is 40.8 Å². The summed E-state index contributed by atoms with van der Waals surface area (Å²) in [7, 11) is 0. The summed E-state index contributed by atoms with van der Waals surface area (Å²) >= 11 is 0. The third kappa shape index (κ3) is 2.59. The molecule has 0 spiro atoms. The average molecular weight is 308 g/mol. The Balaban J connectivity index is 2.03. The lowest BCUT2D eigenvalue weighted by Crippen LogP contribution is -2.17. The van der Waals surface area contributed by atoms with E-state index in [1.165, 1.54) is 0 Å². The molecule has 0 aliphatic rings. The van der Waals surface area contributed by atoms with Crippen LogP contribution in [0.25, 0.3) is 11.2 Å². The molecule has 3 heterocycles. The monoisotopic (exact) mass is 308 g/mol. The van der Waals surface area contributed by atoms with Crippen molar-refractivity contribution in [2.45, 2.75) is 32.6 Å². The van der Waals surface area contributed by atoms with E-state index in [1.807, 2.05) is 39.0 Å². The maximum Gasteiger partial charge on any atom is 0.226 e. The summed E-state index contributed by atoms with van der Waals surface area (Å²) < 4.78 is 4.69. The number of anilines is 1. The molecule has 0 saturated heterocycles. The van der Waals surface area contributed by atoms with Crippen LogP contribution >= 0.6 is 0 Å². The molecule has 3 aromatic rings. The lowest BCUT2D eigenvalue weighted by Gasteiger charge is -2.16. The van der Waals surface area contributed by atoms with Gasteiger partial charge in [-0.05, 0) is 43.2 Å². The summed E-state index contributed by atoms with van der Waals surface area (Å²) in [5.41, 5.74) is 10.0. The minimum atomic E-state index is -0.644. The highest BCUT2D eigenvalue weighted by atomic mass is 16.6. The highest BCUT2D eigenvalue weighted by Gasteiger charge is 2.22. The fourth-order valence-electron chi connectivity index (χ4n) is 2.38. The minimum absolute atomic E-state index is 0.399. The number of nitrogens with two attached hydrogens (primary N) is 1. The van der Waals surface area contributed by atoms with Crippen LogP contribution in [0.4, 0.5) is 5.69 Å². The zero-order chi connectivity index (χ0) is 16.6. The summed E-state index contributed by atoms with van der Waals surface area (Å²) in [4.78, 5) is 8.95. The van der Waals surface area contributed by atoms with Crippen molar-refractivity contribution in [3.8, 4) is 6.07 Å². The Morgan fingerprint density at radius 3 is 2.78 bits per heavy atom. The molecular weight excluding hydrogens is 292 g/mol. The highest BCUT2D eigenvalue weighted by molar-refractivity contribution is 5.85. The molecule has 0 aromatic carbocycles. The van der Waals surface area contributed by atoms with Gasteiger partial charge in [0, 0.05) is 23.4 Å². The maximum atomic E-state index is 9.27. The number of hydrogen-bond acceptors (Lipinski definition) is 7. The Kier molecular flexibility index (Phi) is 3.45. The Labute approximate surface area is 133 Å². The lowest BCUT2D eigenvalue weighted by atomic mass is 9.90. The lowest BCUT2D eigenvalue weighted by molar-refractivity contribution is 0.315. The van der Waals surface area contributed by atoms with Gasteiger partial charge in [-0.25, -0.2) is 9.61 Å². The van der Waals surface area contributed by atoms with Crippen LogP contribution in [0.2, 0.25) is 0 Å². The van der Waals surface area contributed by atoms with Gasteiger partial charge in [0.05, 0.1) is 22.9 Å². The van der Waals surface area contributed by atoms with E-state index in [-0.39, 0.29) is 0 Å². The quantitative estimate of drug-likeness (QED) is 0.789. The van der Waals surface area contributed by atoms with Gasteiger partial charge in [0.15, 0.2) is 5.52 Å². The van der Waals surface area contributed by atoms with E-state index in [0.29, 0.717) is 23.3 Å². The predicted molar refractivity (Wildman–Crippen MR) is 84.4 cm³/mol. The van der Waals surface area contributed by atoms with E-state index >= 15 is 0 Å². The summed E-state index contributed by atoms with van der Waals surface area (Å²) in [5, 5.41) is 16.8. The molecule has 0 amide bonds. The van der Waals surface area contributed by atoms with Gasteiger partial charge in [0.2, 0.25) is 5.65 Å². The van der Waals surface area contributed by atoms with Crippen LogP contribution in [-0.2, 0) is 11.8 Å². The van der Waals surface area contributed by atoms with Gasteiger partial charge >= 0.3 is 0 Å². The topological polar surface area (TPSA) is 115 Å². The first-order valence-corrected chi connectivity index (χ1v) is 7.17. The summed E-state index contributed by atoms with van der Waals surface area (Å²) in [6.07, 6.45) is 0.503. The third-order valence-electron chi connectivity index (χ3n) is 3.85. The molecule has 7 heteroatoms. The Bertz CT molecular complexity index is 922. The van der Waals surface area contributed by atoms with E-state index in [4.69, 9.17) is 10.4 Å². The first-order valence-electron chi connectivity index (χ1n) is 7.17. The molecule has 0 aliphatic carbocycles. The zero-order valence-electron chi connectivity index (χ0n) is 13.2. The predicted octanol–water partition coefficient (Wildman–Crippen LogP) is 2.30. The molecule has 7 nitrogen and oxygen atoms in total. The molecule has 3 rings (SSSR count). The number of hydrogen-bond donors (Lipinski definition) is 1. The molecule has 0 aliphatic heterocycles. The molecule has 3 aromatic heterocycles. The second kappa shape index (κ2) is 5.32. The normalized spacial score (nSPS) is 11.6. The van der Waals surface area contributed by atoms with Crippen molar-refractivity contribution in [2.75, 3.05) is 5.73 Å². The molecule has 116 valence electrons. The molecule has 0 saturated carbocycles. The number of aryl methyl sites for hydroxylation is 1. The number of fused-ring (bicyclic) bond motifs is 1. The zero-order valence-corrected chi connectivity index (χ0v) is 13.2. The fraction of sp³-hybridized carbons (Fsp3) is 0.312. The molecular formula is C16H16N6O. The van der Waals surface area contributed by atoms with Gasteiger partial charge in [-0.1, -0.05) is 6.07 Å². The van der Waals surface area contributed by atoms with Crippen molar-refractivity contribution in [1.29, 1.82) is 5.26 Å². The molecule has 0 unspecified atom stereocenters. The van der Waals surface area contributed by atoms with Crippen LogP contribution in [-0.4, -0.2) is 20.3 Å². The Morgan fingerprint density at radius 1 is 1.26 bits per heavy atom. The van der Waals surface area contributed by atoms with Gasteiger partial charge in [-0.15, -0.1) is 0 Å². The summed E-state index contributed by atoms with van der Waals surface area (Å²) in [5.74, 6) is 0. The second-order valence-corrected chi connectivity index (χ2v) is 5.95. The largest absolute Gasteiger partial charge is 0.396 e. The summed E-state index contributed by atoms with van der Waals surface area (Å²) in [6, 6.07) is 7.91. The van der Waals surface area contributed by atoms with E-state index < -0.39 is 5.41 Å². The molecule has 0 atom stereocenters. The van der Waals surface area contributed by atoms with E-state index in [9.17, 15) is 5.26 Å². The highest BCUT2D eigenvalue weighted by Crippen LogP contribution is 2.26.